The number of para-hydroxylation sites is 1. The van der Waals surface area contributed by atoms with E-state index in [9.17, 15) is 4.79 Å². The zero-order valence-electron chi connectivity index (χ0n) is 16.6. The van der Waals surface area contributed by atoms with Crippen molar-refractivity contribution in [2.45, 2.75) is 37.8 Å². The van der Waals surface area contributed by atoms with Gasteiger partial charge in [-0.15, -0.1) is 0 Å². The summed E-state index contributed by atoms with van der Waals surface area (Å²) in [5, 5.41) is 2.93. The van der Waals surface area contributed by atoms with Gasteiger partial charge in [-0.25, -0.2) is 4.99 Å². The van der Waals surface area contributed by atoms with Gasteiger partial charge in [0.25, 0.3) is 5.91 Å². The molecule has 1 amide bonds. The normalized spacial score (nSPS) is 29.4. The van der Waals surface area contributed by atoms with Gasteiger partial charge in [0, 0.05) is 17.7 Å². The van der Waals surface area contributed by atoms with E-state index in [1.54, 1.807) is 0 Å². The van der Waals surface area contributed by atoms with Crippen LogP contribution in [0.4, 0.5) is 5.69 Å². The van der Waals surface area contributed by atoms with E-state index in [2.05, 4.69) is 21.2 Å². The Morgan fingerprint density at radius 1 is 1.13 bits per heavy atom. The number of carbonyl (C=O) groups is 1. The van der Waals surface area contributed by atoms with Gasteiger partial charge in [-0.2, -0.15) is 10.4 Å². The molecule has 8 heteroatoms. The molecule has 0 aromatic heterocycles. The number of nitrogens with zero attached hydrogens (tertiary/aromatic N) is 2. The van der Waals surface area contributed by atoms with Crippen molar-refractivity contribution in [1.82, 2.24) is 10.9 Å². The lowest BCUT2D eigenvalue weighted by molar-refractivity contribution is -0.117. The number of amidine groups is 1. The summed E-state index contributed by atoms with van der Waals surface area (Å²) in [5.74, 6) is -0.322. The van der Waals surface area contributed by atoms with E-state index < -0.39 is 11.9 Å². The standard InChI is InChI=1S/C22H23N5O3/c1-22(17-12-7-13-29-17)27-26-21(30-22)25-19-20(28)23-16-11-6-5-10-15(16)18(24-19)14-8-3-2-4-9-14/h2-6,8-11,17,19,27H,7,12-13H2,1H3,(H,23,28)(H,25,26)/t17-,19?,22?/m0/s1. The number of hydrogen-bond donors (Lipinski definition) is 3. The van der Waals surface area contributed by atoms with Gasteiger partial charge in [-0.05, 0) is 25.8 Å². The van der Waals surface area contributed by atoms with E-state index in [0.29, 0.717) is 18.0 Å². The summed E-state index contributed by atoms with van der Waals surface area (Å²) in [6.45, 7) is 2.62. The van der Waals surface area contributed by atoms with Gasteiger partial charge < -0.3 is 14.8 Å². The molecule has 0 saturated carbocycles. The molecule has 3 aliphatic rings. The molecule has 0 bridgehead atoms. The van der Waals surface area contributed by atoms with Crippen molar-refractivity contribution in [2.24, 2.45) is 9.98 Å². The van der Waals surface area contributed by atoms with Crippen molar-refractivity contribution in [3.63, 3.8) is 0 Å². The number of rotatable bonds is 3. The lowest BCUT2D eigenvalue weighted by Crippen LogP contribution is -2.51. The smallest absolute Gasteiger partial charge is 0.304 e. The number of fused-ring (bicyclic) bond motifs is 1. The minimum Gasteiger partial charge on any atom is -0.438 e. The first-order valence-electron chi connectivity index (χ1n) is 10.1. The molecule has 0 radical (unpaired) electrons. The number of aliphatic imine (C=N–C) groups is 2. The molecule has 8 nitrogen and oxygen atoms in total. The number of hydrogen-bond acceptors (Lipinski definition) is 6. The molecule has 3 heterocycles. The largest absolute Gasteiger partial charge is 0.438 e. The third-order valence-corrected chi connectivity index (χ3v) is 5.48. The molecule has 2 aromatic carbocycles. The number of benzene rings is 2. The number of anilines is 1. The quantitative estimate of drug-likeness (QED) is 0.727. The molecule has 5 rings (SSSR count). The van der Waals surface area contributed by atoms with Gasteiger partial charge >= 0.3 is 6.02 Å². The summed E-state index contributed by atoms with van der Waals surface area (Å²) in [7, 11) is 0. The van der Waals surface area contributed by atoms with Crippen LogP contribution in [-0.2, 0) is 14.3 Å². The molecule has 3 N–H and O–H groups in total. The van der Waals surface area contributed by atoms with Crippen molar-refractivity contribution in [2.75, 3.05) is 11.9 Å². The number of benzodiazepines with no additional fused rings is 1. The minimum atomic E-state index is -0.997. The average Bonchev–Trinajstić information content (AvgIpc) is 3.41. The number of nitrogens with one attached hydrogen (secondary N) is 3. The summed E-state index contributed by atoms with van der Waals surface area (Å²) in [4.78, 5) is 22.1. The Morgan fingerprint density at radius 2 is 1.93 bits per heavy atom. The summed E-state index contributed by atoms with van der Waals surface area (Å²) < 4.78 is 11.7. The van der Waals surface area contributed by atoms with Crippen LogP contribution in [0.25, 0.3) is 0 Å². The van der Waals surface area contributed by atoms with Gasteiger partial charge in [-0.1, -0.05) is 48.5 Å². The second-order valence-electron chi connectivity index (χ2n) is 7.65. The van der Waals surface area contributed by atoms with Crippen LogP contribution < -0.4 is 16.2 Å². The minimum absolute atomic E-state index is 0.0895. The SMILES string of the molecule is CC1([C@@H]2CCCO2)NN/C(=N\C2N=C(c3ccccc3)c3ccccc3NC2=O)O1. The fourth-order valence-corrected chi connectivity index (χ4v) is 3.92. The highest BCUT2D eigenvalue weighted by atomic mass is 16.6. The zero-order chi connectivity index (χ0) is 20.6. The number of carbonyl (C=O) groups excluding carboxylic acids is 1. The lowest BCUT2D eigenvalue weighted by Gasteiger charge is -2.27. The van der Waals surface area contributed by atoms with E-state index in [1.165, 1.54) is 0 Å². The van der Waals surface area contributed by atoms with Crippen molar-refractivity contribution in [3.05, 3.63) is 65.7 Å². The highest BCUT2D eigenvalue weighted by molar-refractivity contribution is 6.19. The molecule has 154 valence electrons. The molecule has 0 spiro atoms. The maximum Gasteiger partial charge on any atom is 0.304 e. The fraction of sp³-hybridized carbons (Fsp3) is 0.318. The topological polar surface area (TPSA) is 96.3 Å². The molecule has 2 unspecified atom stereocenters. The van der Waals surface area contributed by atoms with E-state index in [0.717, 1.165) is 24.0 Å². The summed E-state index contributed by atoms with van der Waals surface area (Å²) in [6.07, 6.45) is 0.803. The lowest BCUT2D eigenvalue weighted by atomic mass is 10.0. The summed E-state index contributed by atoms with van der Waals surface area (Å²) >= 11 is 0. The molecular weight excluding hydrogens is 382 g/mol. The second-order valence-corrected chi connectivity index (χ2v) is 7.65. The van der Waals surface area contributed by atoms with E-state index in [4.69, 9.17) is 14.5 Å². The van der Waals surface area contributed by atoms with Crippen LogP contribution in [0, 0.1) is 0 Å². The van der Waals surface area contributed by atoms with E-state index in [-0.39, 0.29) is 18.0 Å². The Morgan fingerprint density at radius 3 is 2.73 bits per heavy atom. The maximum atomic E-state index is 12.9. The van der Waals surface area contributed by atoms with Gasteiger partial charge in [0.15, 0.2) is 0 Å². The monoisotopic (exact) mass is 405 g/mol. The summed E-state index contributed by atoms with van der Waals surface area (Å²) in [5.41, 5.74) is 8.45. The molecule has 2 fully saturated rings. The van der Waals surface area contributed by atoms with Crippen LogP contribution in [0.1, 0.15) is 30.9 Å². The van der Waals surface area contributed by atoms with E-state index >= 15 is 0 Å². The zero-order valence-corrected chi connectivity index (χ0v) is 16.6. The fourth-order valence-electron chi connectivity index (χ4n) is 3.92. The molecule has 2 aromatic rings. The Balaban J connectivity index is 1.49. The van der Waals surface area contributed by atoms with Crippen LogP contribution in [0.15, 0.2) is 64.6 Å². The van der Waals surface area contributed by atoms with Gasteiger partial charge in [0.05, 0.1) is 11.4 Å². The number of hydrazine groups is 1. The predicted molar refractivity (Wildman–Crippen MR) is 113 cm³/mol. The third-order valence-electron chi connectivity index (χ3n) is 5.48. The third kappa shape index (κ3) is 3.44. The van der Waals surface area contributed by atoms with Crippen LogP contribution in [0.5, 0.6) is 0 Å². The van der Waals surface area contributed by atoms with Gasteiger partial charge in [-0.3, -0.25) is 10.2 Å². The van der Waals surface area contributed by atoms with Crippen LogP contribution in [0.3, 0.4) is 0 Å². The highest BCUT2D eigenvalue weighted by Crippen LogP contribution is 2.28. The Bertz CT molecular complexity index is 1020. The van der Waals surface area contributed by atoms with Crippen molar-refractivity contribution < 1.29 is 14.3 Å². The van der Waals surface area contributed by atoms with E-state index in [1.807, 2.05) is 61.5 Å². The maximum absolute atomic E-state index is 12.9. The first-order chi connectivity index (χ1) is 14.6. The average molecular weight is 405 g/mol. The molecule has 3 aliphatic heterocycles. The molecule has 0 aliphatic carbocycles. The summed E-state index contributed by atoms with van der Waals surface area (Å²) in [6, 6.07) is 17.6. The number of amides is 1. The number of ether oxygens (including phenoxy) is 2. The first-order valence-corrected chi connectivity index (χ1v) is 10.1. The molecular formula is C22H23N5O3. The Labute approximate surface area is 174 Å². The van der Waals surface area contributed by atoms with Crippen molar-refractivity contribution >= 4 is 23.3 Å². The Kier molecular flexibility index (Phi) is 4.72. The van der Waals surface area contributed by atoms with Gasteiger partial charge in [0.2, 0.25) is 11.9 Å². The highest BCUT2D eigenvalue weighted by Gasteiger charge is 2.44. The van der Waals surface area contributed by atoms with Crippen molar-refractivity contribution in [3.8, 4) is 0 Å². The predicted octanol–water partition coefficient (Wildman–Crippen LogP) is 2.18. The molecule has 2 saturated heterocycles. The molecule has 3 atom stereocenters. The van der Waals surface area contributed by atoms with Crippen LogP contribution in [-0.4, -0.2) is 42.2 Å². The van der Waals surface area contributed by atoms with Crippen LogP contribution >= 0.6 is 0 Å². The Hall–Kier alpha value is -3.23. The van der Waals surface area contributed by atoms with Crippen LogP contribution in [0.2, 0.25) is 0 Å². The van der Waals surface area contributed by atoms with Gasteiger partial charge in [0.1, 0.15) is 6.10 Å². The molecule has 30 heavy (non-hydrogen) atoms. The second kappa shape index (κ2) is 7.55. The van der Waals surface area contributed by atoms with Crippen molar-refractivity contribution in [1.29, 1.82) is 0 Å². The first kappa shape index (κ1) is 18.8.